The Morgan fingerprint density at radius 3 is 2.44 bits per heavy atom. The van der Waals surface area contributed by atoms with E-state index in [0.717, 1.165) is 0 Å². The summed E-state index contributed by atoms with van der Waals surface area (Å²) in [6.45, 7) is 1.69. The number of aromatic nitrogens is 1. The third-order valence-electron chi connectivity index (χ3n) is 3.95. The molecule has 0 aliphatic heterocycles. The van der Waals surface area contributed by atoms with Crippen LogP contribution in [0.1, 0.15) is 12.1 Å². The fourth-order valence-corrected chi connectivity index (χ4v) is 3.84. The second-order valence-electron chi connectivity index (χ2n) is 5.91. The summed E-state index contributed by atoms with van der Waals surface area (Å²) in [7, 11) is -3.56. The largest absolute Gasteiger partial charge is 0.337 e. The molecule has 0 bridgehead atoms. The number of sulfone groups is 1. The van der Waals surface area contributed by atoms with Gasteiger partial charge in [0.2, 0.25) is 11.8 Å². The van der Waals surface area contributed by atoms with Gasteiger partial charge < -0.3 is 4.52 Å². The number of carbonyl (C=O) groups excluding carboxylic acids is 1. The van der Waals surface area contributed by atoms with Gasteiger partial charge >= 0.3 is 0 Å². The van der Waals surface area contributed by atoms with Crippen LogP contribution in [-0.2, 0) is 14.6 Å². The molecule has 0 radical (unpaired) electrons. The molecule has 8 heteroatoms. The molecule has 1 heterocycles. The van der Waals surface area contributed by atoms with Crippen molar-refractivity contribution in [3.8, 4) is 11.1 Å². The van der Waals surface area contributed by atoms with Gasteiger partial charge in [0.25, 0.3) is 0 Å². The second-order valence-corrected chi connectivity index (χ2v) is 8.02. The van der Waals surface area contributed by atoms with Gasteiger partial charge in [0, 0.05) is 6.42 Å². The third-order valence-corrected chi connectivity index (χ3v) is 5.68. The van der Waals surface area contributed by atoms with Crippen LogP contribution in [0.3, 0.4) is 0 Å². The predicted octanol–water partition coefficient (Wildman–Crippen LogP) is 3.59. The number of benzene rings is 2. The zero-order valence-corrected chi connectivity index (χ0v) is 15.3. The summed E-state index contributed by atoms with van der Waals surface area (Å²) in [5.41, 5.74) is 1.67. The SMILES string of the molecule is Cc1noc(NC(=O)CCS(=O)(=O)c2ccccc2)c1-c1ccc(F)cc1. The number of nitrogens with zero attached hydrogens (tertiary/aromatic N) is 1. The minimum atomic E-state index is -3.56. The Balaban J connectivity index is 1.71. The van der Waals surface area contributed by atoms with Gasteiger partial charge in [-0.05, 0) is 36.8 Å². The minimum absolute atomic E-state index is 0.0983. The molecule has 1 amide bonds. The first-order valence-electron chi connectivity index (χ1n) is 8.17. The highest BCUT2D eigenvalue weighted by atomic mass is 32.2. The number of nitrogens with one attached hydrogen (secondary N) is 1. The van der Waals surface area contributed by atoms with Crippen molar-refractivity contribution in [3.05, 3.63) is 66.1 Å². The molecular weight excluding hydrogens is 371 g/mol. The maximum Gasteiger partial charge on any atom is 0.239 e. The standard InChI is InChI=1S/C19H17FN2O4S/c1-13-18(14-7-9-15(20)10-8-14)19(26-22-13)21-17(23)11-12-27(24,25)16-5-3-2-4-6-16/h2-10H,11-12H2,1H3,(H,21,23). The van der Waals surface area contributed by atoms with E-state index in [2.05, 4.69) is 10.5 Å². The van der Waals surface area contributed by atoms with Crippen LogP contribution in [0.2, 0.25) is 0 Å². The zero-order chi connectivity index (χ0) is 19.4. The van der Waals surface area contributed by atoms with E-state index in [1.165, 1.54) is 24.3 Å². The zero-order valence-electron chi connectivity index (χ0n) is 14.5. The Morgan fingerprint density at radius 2 is 1.78 bits per heavy atom. The first kappa shape index (κ1) is 18.8. The smallest absolute Gasteiger partial charge is 0.239 e. The van der Waals surface area contributed by atoms with E-state index in [4.69, 9.17) is 4.52 Å². The van der Waals surface area contributed by atoms with Crippen molar-refractivity contribution < 1.29 is 22.1 Å². The average Bonchev–Trinajstić information content (AvgIpc) is 3.02. The Kier molecular flexibility index (Phi) is 5.36. The first-order chi connectivity index (χ1) is 12.9. The van der Waals surface area contributed by atoms with Crippen LogP contribution in [0.5, 0.6) is 0 Å². The summed E-state index contributed by atoms with van der Waals surface area (Å²) in [5, 5.41) is 6.37. The van der Waals surface area contributed by atoms with Crippen LogP contribution in [-0.4, -0.2) is 25.2 Å². The maximum atomic E-state index is 13.1. The number of aryl methyl sites for hydroxylation is 1. The lowest BCUT2D eigenvalue weighted by molar-refractivity contribution is -0.115. The summed E-state index contributed by atoms with van der Waals surface area (Å²) in [6, 6.07) is 13.6. The lowest BCUT2D eigenvalue weighted by Crippen LogP contribution is -2.17. The van der Waals surface area contributed by atoms with Crippen LogP contribution < -0.4 is 5.32 Å². The van der Waals surface area contributed by atoms with Crippen molar-refractivity contribution in [3.63, 3.8) is 0 Å². The highest BCUT2D eigenvalue weighted by Crippen LogP contribution is 2.31. The maximum absolute atomic E-state index is 13.1. The van der Waals surface area contributed by atoms with E-state index in [-0.39, 0.29) is 28.8 Å². The lowest BCUT2D eigenvalue weighted by Gasteiger charge is -2.06. The van der Waals surface area contributed by atoms with Gasteiger partial charge in [-0.25, -0.2) is 12.8 Å². The van der Waals surface area contributed by atoms with Crippen molar-refractivity contribution >= 4 is 21.6 Å². The normalized spacial score (nSPS) is 11.3. The molecule has 0 unspecified atom stereocenters. The molecule has 3 rings (SSSR count). The number of hydrogen-bond donors (Lipinski definition) is 1. The third kappa shape index (κ3) is 4.40. The molecule has 6 nitrogen and oxygen atoms in total. The molecule has 0 saturated carbocycles. The minimum Gasteiger partial charge on any atom is -0.337 e. The van der Waals surface area contributed by atoms with Crippen LogP contribution in [0.4, 0.5) is 10.3 Å². The van der Waals surface area contributed by atoms with E-state index in [1.54, 1.807) is 37.3 Å². The highest BCUT2D eigenvalue weighted by Gasteiger charge is 2.20. The number of rotatable bonds is 6. The van der Waals surface area contributed by atoms with Crippen LogP contribution in [0, 0.1) is 12.7 Å². The Labute approximate surface area is 155 Å². The second kappa shape index (κ2) is 7.71. The van der Waals surface area contributed by atoms with E-state index in [9.17, 15) is 17.6 Å². The Hall–Kier alpha value is -3.00. The van der Waals surface area contributed by atoms with Gasteiger partial charge in [-0.2, -0.15) is 0 Å². The topological polar surface area (TPSA) is 89.3 Å². The van der Waals surface area contributed by atoms with E-state index < -0.39 is 15.7 Å². The number of anilines is 1. The Morgan fingerprint density at radius 1 is 1.11 bits per heavy atom. The lowest BCUT2D eigenvalue weighted by atomic mass is 10.1. The van der Waals surface area contributed by atoms with Crippen molar-refractivity contribution in [1.82, 2.24) is 5.16 Å². The summed E-state index contributed by atoms with van der Waals surface area (Å²) in [6.07, 6.45) is -0.236. The van der Waals surface area contributed by atoms with E-state index >= 15 is 0 Å². The molecule has 0 aliphatic rings. The molecular formula is C19H17FN2O4S. The van der Waals surface area contributed by atoms with Gasteiger partial charge in [0.1, 0.15) is 5.82 Å². The molecule has 0 saturated heterocycles. The van der Waals surface area contributed by atoms with Crippen LogP contribution >= 0.6 is 0 Å². The summed E-state index contributed by atoms with van der Waals surface area (Å²) in [5.74, 6) is -1.14. The van der Waals surface area contributed by atoms with Crippen LogP contribution in [0.25, 0.3) is 11.1 Å². The molecule has 140 valence electrons. The molecule has 2 aromatic carbocycles. The Bertz CT molecular complexity index is 1050. The summed E-state index contributed by atoms with van der Waals surface area (Å²) >= 11 is 0. The molecule has 0 atom stereocenters. The highest BCUT2D eigenvalue weighted by molar-refractivity contribution is 7.91. The number of carbonyl (C=O) groups is 1. The summed E-state index contributed by atoms with van der Waals surface area (Å²) in [4.78, 5) is 12.4. The van der Waals surface area contributed by atoms with Crippen molar-refractivity contribution in [2.24, 2.45) is 0 Å². The molecule has 0 aliphatic carbocycles. The van der Waals surface area contributed by atoms with Gasteiger partial charge in [-0.15, -0.1) is 0 Å². The summed E-state index contributed by atoms with van der Waals surface area (Å²) < 4.78 is 42.8. The van der Waals surface area contributed by atoms with Crippen molar-refractivity contribution in [2.75, 3.05) is 11.1 Å². The van der Waals surface area contributed by atoms with E-state index in [1.807, 2.05) is 0 Å². The fraction of sp³-hybridized carbons (Fsp3) is 0.158. The number of hydrogen-bond acceptors (Lipinski definition) is 5. The van der Waals surface area contributed by atoms with Gasteiger partial charge in [-0.1, -0.05) is 35.5 Å². The monoisotopic (exact) mass is 388 g/mol. The molecule has 3 aromatic rings. The fourth-order valence-electron chi connectivity index (χ4n) is 2.57. The number of halogens is 1. The molecule has 1 aromatic heterocycles. The molecule has 0 spiro atoms. The van der Waals surface area contributed by atoms with Crippen molar-refractivity contribution in [2.45, 2.75) is 18.2 Å². The molecule has 0 fully saturated rings. The predicted molar refractivity (Wildman–Crippen MR) is 98.4 cm³/mol. The van der Waals surface area contributed by atoms with Gasteiger partial charge in [0.05, 0.1) is 21.9 Å². The average molecular weight is 388 g/mol. The van der Waals surface area contributed by atoms with E-state index in [0.29, 0.717) is 16.8 Å². The van der Waals surface area contributed by atoms with Crippen molar-refractivity contribution in [1.29, 1.82) is 0 Å². The van der Waals surface area contributed by atoms with Gasteiger partial charge in [-0.3, -0.25) is 10.1 Å². The molecule has 1 N–H and O–H groups in total. The van der Waals surface area contributed by atoms with Gasteiger partial charge in [0.15, 0.2) is 9.84 Å². The van der Waals surface area contributed by atoms with Crippen LogP contribution in [0.15, 0.2) is 64.0 Å². The molecule has 27 heavy (non-hydrogen) atoms. The number of amides is 1. The first-order valence-corrected chi connectivity index (χ1v) is 9.82. The quantitative estimate of drug-likeness (QED) is 0.697.